The Labute approximate surface area is 119 Å². The van der Waals surface area contributed by atoms with Gasteiger partial charge in [0.25, 0.3) is 5.91 Å². The number of nitrogens with zero attached hydrogens (tertiary/aromatic N) is 1. The number of rotatable bonds is 1. The molecule has 2 aliphatic carbocycles. The van der Waals surface area contributed by atoms with Crippen LogP contribution in [-0.4, -0.2) is 23.2 Å². The van der Waals surface area contributed by atoms with Crippen molar-refractivity contribution in [3.63, 3.8) is 0 Å². The molecule has 3 rings (SSSR count). The number of carbonyl (C=O) groups is 2. The van der Waals surface area contributed by atoms with Crippen LogP contribution in [0.2, 0.25) is 0 Å². The molecule has 2 fully saturated rings. The minimum atomic E-state index is -0.896. The van der Waals surface area contributed by atoms with E-state index in [0.717, 1.165) is 51.4 Å². The first-order chi connectivity index (χ1) is 9.57. The van der Waals surface area contributed by atoms with E-state index >= 15 is 0 Å². The molecule has 2 saturated carbocycles. The van der Waals surface area contributed by atoms with Gasteiger partial charge in [-0.3, -0.25) is 9.59 Å². The number of hydrogen-bond donors (Lipinski definition) is 2. The average Bonchev–Trinajstić information content (AvgIpc) is 2.46. The maximum Gasteiger partial charge on any atom is 0.263 e. The summed E-state index contributed by atoms with van der Waals surface area (Å²) < 4.78 is 0. The zero-order chi connectivity index (χ0) is 14.2. The molecule has 1 heterocycles. The molecule has 5 heteroatoms. The number of aliphatic imine (C=N–C) groups is 1. The number of nitrogens with one attached hydrogen (secondary N) is 1. The Morgan fingerprint density at radius 3 is 2.00 bits per heavy atom. The van der Waals surface area contributed by atoms with Crippen LogP contribution < -0.4 is 11.1 Å². The molecule has 3 N–H and O–H groups in total. The summed E-state index contributed by atoms with van der Waals surface area (Å²) >= 11 is 0. The average molecular weight is 277 g/mol. The van der Waals surface area contributed by atoms with E-state index in [2.05, 4.69) is 10.3 Å². The first kappa shape index (κ1) is 13.7. The van der Waals surface area contributed by atoms with Gasteiger partial charge in [0.2, 0.25) is 5.91 Å². The number of amidine groups is 1. The van der Waals surface area contributed by atoms with Crippen molar-refractivity contribution in [1.29, 1.82) is 0 Å². The van der Waals surface area contributed by atoms with Gasteiger partial charge in [-0.15, -0.1) is 0 Å². The molecular formula is C15H23N3O2. The molecule has 0 radical (unpaired) electrons. The highest BCUT2D eigenvalue weighted by atomic mass is 16.2. The highest BCUT2D eigenvalue weighted by molar-refractivity contribution is 6.20. The van der Waals surface area contributed by atoms with Crippen LogP contribution in [0.5, 0.6) is 0 Å². The fourth-order valence-corrected chi connectivity index (χ4v) is 3.81. The van der Waals surface area contributed by atoms with Crippen molar-refractivity contribution >= 4 is 17.6 Å². The first-order valence-electron chi connectivity index (χ1n) is 7.81. The van der Waals surface area contributed by atoms with Crippen molar-refractivity contribution in [3.05, 3.63) is 0 Å². The third-order valence-electron chi connectivity index (χ3n) is 5.21. The van der Waals surface area contributed by atoms with Crippen LogP contribution in [0.1, 0.15) is 64.2 Å². The number of nitrogens with two attached hydrogens (primary N) is 1. The van der Waals surface area contributed by atoms with E-state index in [1.807, 2.05) is 0 Å². The maximum atomic E-state index is 12.5. The number of hydrogen-bond acceptors (Lipinski definition) is 3. The van der Waals surface area contributed by atoms with Crippen LogP contribution in [0.25, 0.3) is 0 Å². The number of amides is 2. The van der Waals surface area contributed by atoms with E-state index in [9.17, 15) is 9.59 Å². The van der Waals surface area contributed by atoms with Crippen molar-refractivity contribution in [2.45, 2.75) is 69.7 Å². The van der Waals surface area contributed by atoms with Crippen LogP contribution in [0.3, 0.4) is 0 Å². The van der Waals surface area contributed by atoms with E-state index in [4.69, 9.17) is 5.73 Å². The molecule has 5 nitrogen and oxygen atoms in total. The van der Waals surface area contributed by atoms with Crippen molar-refractivity contribution in [3.8, 4) is 0 Å². The lowest BCUT2D eigenvalue weighted by molar-refractivity contribution is -0.144. The highest BCUT2D eigenvalue weighted by Gasteiger charge is 2.51. The zero-order valence-electron chi connectivity index (χ0n) is 11.9. The molecule has 20 heavy (non-hydrogen) atoms. The highest BCUT2D eigenvalue weighted by Crippen LogP contribution is 2.40. The van der Waals surface area contributed by atoms with Gasteiger partial charge < -0.3 is 11.1 Å². The largest absolute Gasteiger partial charge is 0.319 e. The molecule has 0 saturated heterocycles. The summed E-state index contributed by atoms with van der Waals surface area (Å²) in [5.74, 6) is -0.00246. The van der Waals surface area contributed by atoms with Gasteiger partial charge in [0.15, 0.2) is 0 Å². The third-order valence-corrected chi connectivity index (χ3v) is 5.21. The summed E-state index contributed by atoms with van der Waals surface area (Å²) in [7, 11) is 0. The van der Waals surface area contributed by atoms with Crippen LogP contribution in [-0.2, 0) is 9.59 Å². The lowest BCUT2D eigenvalue weighted by Crippen LogP contribution is -2.63. The summed E-state index contributed by atoms with van der Waals surface area (Å²) in [6.07, 6.45) is 9.04. The minimum Gasteiger partial charge on any atom is -0.319 e. The van der Waals surface area contributed by atoms with Crippen LogP contribution in [0.4, 0.5) is 0 Å². The van der Waals surface area contributed by atoms with E-state index in [1.54, 1.807) is 0 Å². The quantitative estimate of drug-likeness (QED) is 0.715. The molecule has 1 aliphatic heterocycles. The fraction of sp³-hybridized carbons (Fsp3) is 0.800. The summed E-state index contributed by atoms with van der Waals surface area (Å²) in [6, 6.07) is 0. The molecular weight excluding hydrogens is 254 g/mol. The van der Waals surface area contributed by atoms with Crippen LogP contribution in [0.15, 0.2) is 4.99 Å². The summed E-state index contributed by atoms with van der Waals surface area (Å²) in [6.45, 7) is 0. The fourth-order valence-electron chi connectivity index (χ4n) is 3.81. The molecule has 0 aromatic carbocycles. The second-order valence-electron chi connectivity index (χ2n) is 6.58. The lowest BCUT2D eigenvalue weighted by atomic mass is 9.71. The summed E-state index contributed by atoms with van der Waals surface area (Å²) in [4.78, 5) is 29.2. The zero-order valence-corrected chi connectivity index (χ0v) is 11.9. The Kier molecular flexibility index (Phi) is 3.40. The standard InChI is InChI=1S/C15H23N3O2/c16-15(9-5-2-6-10-15)11-17-12(19)14(13(20)18-11)7-3-1-4-8-14/h1-10,16H2,(H,17,18,19,20). The summed E-state index contributed by atoms with van der Waals surface area (Å²) in [5.41, 5.74) is 4.87. The molecule has 0 bridgehead atoms. The van der Waals surface area contributed by atoms with Gasteiger partial charge in [-0.05, 0) is 25.7 Å². The second-order valence-corrected chi connectivity index (χ2v) is 6.58. The van der Waals surface area contributed by atoms with Gasteiger partial charge in [-0.25, -0.2) is 0 Å². The van der Waals surface area contributed by atoms with Crippen LogP contribution in [0, 0.1) is 5.41 Å². The van der Waals surface area contributed by atoms with Crippen molar-refractivity contribution in [2.75, 3.05) is 0 Å². The van der Waals surface area contributed by atoms with Crippen molar-refractivity contribution in [1.82, 2.24) is 5.32 Å². The first-order valence-corrected chi connectivity index (χ1v) is 7.81. The molecule has 110 valence electrons. The van der Waals surface area contributed by atoms with Crippen molar-refractivity contribution in [2.24, 2.45) is 16.1 Å². The molecule has 0 aromatic rings. The monoisotopic (exact) mass is 277 g/mol. The van der Waals surface area contributed by atoms with Crippen molar-refractivity contribution < 1.29 is 9.59 Å². The Morgan fingerprint density at radius 2 is 1.45 bits per heavy atom. The SMILES string of the molecule is NC1(C2=NC(=O)C3(CCCCC3)C(=O)N2)CCCCC1. The second kappa shape index (κ2) is 4.95. The van der Waals surface area contributed by atoms with E-state index in [-0.39, 0.29) is 11.8 Å². The molecule has 0 atom stereocenters. The van der Waals surface area contributed by atoms with E-state index in [1.165, 1.54) is 0 Å². The molecule has 0 unspecified atom stereocenters. The molecule has 0 aromatic heterocycles. The smallest absolute Gasteiger partial charge is 0.263 e. The Balaban J connectivity index is 1.88. The van der Waals surface area contributed by atoms with Gasteiger partial charge in [-0.1, -0.05) is 38.5 Å². The van der Waals surface area contributed by atoms with Gasteiger partial charge in [-0.2, -0.15) is 4.99 Å². The predicted molar refractivity (Wildman–Crippen MR) is 76.1 cm³/mol. The third kappa shape index (κ3) is 2.08. The maximum absolute atomic E-state index is 12.5. The van der Waals surface area contributed by atoms with Gasteiger partial charge in [0, 0.05) is 0 Å². The van der Waals surface area contributed by atoms with Gasteiger partial charge in [0.05, 0.1) is 5.54 Å². The minimum absolute atomic E-state index is 0.164. The van der Waals surface area contributed by atoms with E-state index in [0.29, 0.717) is 18.7 Å². The number of carbonyl (C=O) groups excluding carboxylic acids is 2. The molecule has 3 aliphatic rings. The lowest BCUT2D eigenvalue weighted by Gasteiger charge is -2.41. The van der Waals surface area contributed by atoms with Crippen LogP contribution >= 0.6 is 0 Å². The van der Waals surface area contributed by atoms with Gasteiger partial charge in [0.1, 0.15) is 11.3 Å². The predicted octanol–water partition coefficient (Wildman–Crippen LogP) is 1.65. The summed E-state index contributed by atoms with van der Waals surface area (Å²) in [5, 5.41) is 2.88. The van der Waals surface area contributed by atoms with Gasteiger partial charge >= 0.3 is 0 Å². The Morgan fingerprint density at radius 1 is 0.900 bits per heavy atom. The Hall–Kier alpha value is -1.23. The van der Waals surface area contributed by atoms with E-state index < -0.39 is 11.0 Å². The molecule has 1 spiro atoms. The Bertz CT molecular complexity index is 458. The normalized spacial score (nSPS) is 28.9. The molecule has 2 amide bonds. The topological polar surface area (TPSA) is 84.5 Å².